The van der Waals surface area contributed by atoms with Gasteiger partial charge in [-0.3, -0.25) is 0 Å². The third-order valence-electron chi connectivity index (χ3n) is 4.61. The van der Waals surface area contributed by atoms with Gasteiger partial charge >= 0.3 is 6.29 Å². The van der Waals surface area contributed by atoms with Crippen LogP contribution in [0.25, 0.3) is 0 Å². The van der Waals surface area contributed by atoms with Gasteiger partial charge in [-0.05, 0) is 73.5 Å². The molecule has 6 heteroatoms. The van der Waals surface area contributed by atoms with Crippen molar-refractivity contribution >= 4 is 46.4 Å². The Labute approximate surface area is 177 Å². The van der Waals surface area contributed by atoms with Gasteiger partial charge in [-0.15, -0.1) is 8.78 Å². The molecule has 0 radical (unpaired) electrons. The second kappa shape index (κ2) is 7.27. The molecule has 28 heavy (non-hydrogen) atoms. The topological polar surface area (TPSA) is 18.5 Å². The van der Waals surface area contributed by atoms with Crippen LogP contribution >= 0.6 is 30.5 Å². The minimum absolute atomic E-state index is 0.126. The summed E-state index contributed by atoms with van der Waals surface area (Å²) >= 11 is 2.10. The maximum atomic E-state index is 13.7. The van der Waals surface area contributed by atoms with E-state index in [0.29, 0.717) is 9.13 Å². The zero-order valence-corrected chi connectivity index (χ0v) is 18.6. The van der Waals surface area contributed by atoms with Gasteiger partial charge in [-0.1, -0.05) is 59.7 Å². The van der Waals surface area contributed by atoms with E-state index in [1.54, 1.807) is 6.92 Å². The zero-order chi connectivity index (χ0) is 20.1. The van der Waals surface area contributed by atoms with Gasteiger partial charge in [-0.25, -0.2) is 0 Å². The number of fused-ring (bicyclic) bond motifs is 1. The molecule has 0 atom stereocenters. The molecular weight excluding hydrogens is 492 g/mol. The predicted octanol–water partition coefficient (Wildman–Crippen LogP) is 5.30. The number of hydrogen-bond donors (Lipinski definition) is 0. The maximum absolute atomic E-state index is 13.7. The largest absolute Gasteiger partial charge is 0.586 e. The summed E-state index contributed by atoms with van der Waals surface area (Å²) in [5.74, 6) is 0.258. The number of hydrogen-bond acceptors (Lipinski definition) is 2. The van der Waals surface area contributed by atoms with E-state index < -0.39 is 14.2 Å². The van der Waals surface area contributed by atoms with Gasteiger partial charge in [0.05, 0.1) is 3.57 Å². The van der Waals surface area contributed by atoms with Crippen LogP contribution in [0, 0.1) is 24.3 Å². The summed E-state index contributed by atoms with van der Waals surface area (Å²) in [6.07, 6.45) is -3.62. The summed E-state index contributed by atoms with van der Waals surface area (Å²) < 4.78 is 37.7. The van der Waals surface area contributed by atoms with Gasteiger partial charge in [0.2, 0.25) is 0 Å². The molecule has 0 saturated carbocycles. The summed E-state index contributed by atoms with van der Waals surface area (Å²) in [7, 11) is -0.933. The quantitative estimate of drug-likeness (QED) is 0.352. The fourth-order valence-corrected chi connectivity index (χ4v) is 6.79. The number of rotatable bonds is 3. The predicted molar refractivity (Wildman–Crippen MR) is 118 cm³/mol. The summed E-state index contributed by atoms with van der Waals surface area (Å²) in [6, 6.07) is 18.8. The summed E-state index contributed by atoms with van der Waals surface area (Å²) in [5.41, 5.74) is 3.01. The fourth-order valence-electron chi connectivity index (χ4n) is 3.18. The van der Waals surface area contributed by atoms with Crippen molar-refractivity contribution in [3.8, 4) is 11.5 Å². The first kappa shape index (κ1) is 19.6. The van der Waals surface area contributed by atoms with Gasteiger partial charge < -0.3 is 9.47 Å². The first-order valence-electron chi connectivity index (χ1n) is 8.77. The Kier molecular flexibility index (Phi) is 5.09. The number of alkyl halides is 2. The van der Waals surface area contributed by atoms with E-state index in [1.165, 1.54) is 11.1 Å². The molecule has 3 aromatic rings. The van der Waals surface area contributed by atoms with Gasteiger partial charge in [0.25, 0.3) is 0 Å². The number of halogens is 3. The SMILES string of the molecule is Cc1ccc(P(c2ccc(C)cc2)c2cc(C)c3c(c2I)OC(F)(F)O3)cc1. The molecule has 0 amide bonds. The monoisotopic (exact) mass is 510 g/mol. The molecule has 0 bridgehead atoms. The Morgan fingerprint density at radius 2 is 1.25 bits per heavy atom. The van der Waals surface area contributed by atoms with Crippen molar-refractivity contribution in [3.05, 3.63) is 74.9 Å². The molecule has 1 aliphatic heterocycles. The summed E-state index contributed by atoms with van der Waals surface area (Å²) in [4.78, 5) is 0. The van der Waals surface area contributed by atoms with E-state index in [2.05, 4.69) is 85.0 Å². The molecule has 0 fully saturated rings. The number of aryl methyl sites for hydroxylation is 3. The average molecular weight is 510 g/mol. The zero-order valence-electron chi connectivity index (χ0n) is 15.6. The molecule has 2 nitrogen and oxygen atoms in total. The van der Waals surface area contributed by atoms with Gasteiger partial charge in [0.1, 0.15) is 0 Å². The number of benzene rings is 3. The van der Waals surface area contributed by atoms with Crippen molar-refractivity contribution in [2.45, 2.75) is 27.1 Å². The van der Waals surface area contributed by atoms with E-state index in [1.807, 2.05) is 6.07 Å². The highest BCUT2D eigenvalue weighted by Gasteiger charge is 2.46. The van der Waals surface area contributed by atoms with Crippen molar-refractivity contribution in [2.75, 3.05) is 0 Å². The van der Waals surface area contributed by atoms with Crippen LogP contribution in [-0.2, 0) is 0 Å². The third kappa shape index (κ3) is 3.62. The third-order valence-corrected chi connectivity index (χ3v) is 8.57. The molecule has 3 aromatic carbocycles. The van der Waals surface area contributed by atoms with Gasteiger partial charge in [-0.2, -0.15) is 0 Å². The smallest absolute Gasteiger partial charge is 0.395 e. The van der Waals surface area contributed by atoms with Gasteiger partial charge in [0.15, 0.2) is 11.5 Å². The van der Waals surface area contributed by atoms with E-state index >= 15 is 0 Å². The molecule has 0 unspecified atom stereocenters. The van der Waals surface area contributed by atoms with Crippen molar-refractivity contribution in [1.29, 1.82) is 0 Å². The second-order valence-corrected chi connectivity index (χ2v) is 10.1. The Hall–Kier alpha value is -1.72. The van der Waals surface area contributed by atoms with E-state index in [4.69, 9.17) is 9.47 Å². The minimum Gasteiger partial charge on any atom is -0.395 e. The first-order chi connectivity index (χ1) is 13.2. The normalized spacial score (nSPS) is 14.5. The molecule has 0 aliphatic carbocycles. The van der Waals surface area contributed by atoms with Crippen molar-refractivity contribution in [3.63, 3.8) is 0 Å². The van der Waals surface area contributed by atoms with E-state index in [0.717, 1.165) is 15.9 Å². The molecule has 0 saturated heterocycles. The van der Waals surface area contributed by atoms with E-state index in [9.17, 15) is 8.78 Å². The van der Waals surface area contributed by atoms with Crippen LogP contribution < -0.4 is 25.4 Å². The molecule has 0 N–H and O–H groups in total. The van der Waals surface area contributed by atoms with Crippen LogP contribution in [0.2, 0.25) is 0 Å². The second-order valence-electron chi connectivity index (χ2n) is 6.86. The highest BCUT2D eigenvalue weighted by Crippen LogP contribution is 2.48. The van der Waals surface area contributed by atoms with Crippen LogP contribution in [0.1, 0.15) is 16.7 Å². The molecule has 0 aromatic heterocycles. The standard InChI is InChI=1S/C22H18F2IO2P/c1-13-4-8-16(9-5-13)28(17-10-6-14(2)7-11-17)18-12-15(3)20-21(19(18)25)27-22(23,24)26-20/h4-12H,1-3H3. The van der Waals surface area contributed by atoms with Crippen molar-refractivity contribution in [2.24, 2.45) is 0 Å². The lowest BCUT2D eigenvalue weighted by Crippen LogP contribution is -2.26. The summed E-state index contributed by atoms with van der Waals surface area (Å²) in [5, 5.41) is 3.31. The Balaban J connectivity index is 1.92. The molecule has 4 rings (SSSR count). The highest BCUT2D eigenvalue weighted by molar-refractivity contribution is 14.1. The van der Waals surface area contributed by atoms with E-state index in [-0.39, 0.29) is 11.5 Å². The van der Waals surface area contributed by atoms with Crippen LogP contribution in [0.15, 0.2) is 54.6 Å². The van der Waals surface area contributed by atoms with Crippen LogP contribution in [0.4, 0.5) is 8.78 Å². The van der Waals surface area contributed by atoms with Crippen molar-refractivity contribution in [1.82, 2.24) is 0 Å². The molecule has 0 spiro atoms. The Morgan fingerprint density at radius 3 is 1.75 bits per heavy atom. The Bertz CT molecular complexity index is 988. The van der Waals surface area contributed by atoms with Crippen LogP contribution in [-0.4, -0.2) is 6.29 Å². The fraction of sp³-hybridized carbons (Fsp3) is 0.182. The maximum Gasteiger partial charge on any atom is 0.586 e. The lowest BCUT2D eigenvalue weighted by molar-refractivity contribution is -0.287. The van der Waals surface area contributed by atoms with Gasteiger partial charge in [0, 0.05) is 5.30 Å². The van der Waals surface area contributed by atoms with Crippen LogP contribution in [0.3, 0.4) is 0 Å². The van der Waals surface area contributed by atoms with Crippen molar-refractivity contribution < 1.29 is 18.3 Å². The van der Waals surface area contributed by atoms with Crippen LogP contribution in [0.5, 0.6) is 11.5 Å². The molecule has 1 aliphatic rings. The summed E-state index contributed by atoms with van der Waals surface area (Å²) in [6.45, 7) is 5.88. The lowest BCUT2D eigenvalue weighted by atomic mass is 10.2. The minimum atomic E-state index is -3.62. The molecular formula is C22H18F2IO2P. The lowest BCUT2D eigenvalue weighted by Gasteiger charge is -2.22. The first-order valence-corrected chi connectivity index (χ1v) is 11.2. The molecule has 144 valence electrons. The number of ether oxygens (including phenoxy) is 2. The molecule has 1 heterocycles. The highest BCUT2D eigenvalue weighted by atomic mass is 127. The Morgan fingerprint density at radius 1 is 0.786 bits per heavy atom. The average Bonchev–Trinajstić information content (AvgIpc) is 2.99.